The van der Waals surface area contributed by atoms with Crippen molar-refractivity contribution in [2.24, 2.45) is 0 Å². The third kappa shape index (κ3) is 2.96. The second-order valence-corrected chi connectivity index (χ2v) is 7.70. The Morgan fingerprint density at radius 1 is 1.33 bits per heavy atom. The lowest BCUT2D eigenvalue weighted by atomic mass is 9.95. The van der Waals surface area contributed by atoms with Gasteiger partial charge in [-0.1, -0.05) is 12.1 Å². The quantitative estimate of drug-likeness (QED) is 0.893. The van der Waals surface area contributed by atoms with E-state index < -0.39 is 5.41 Å². The summed E-state index contributed by atoms with van der Waals surface area (Å²) in [6.07, 6.45) is 5.63. The van der Waals surface area contributed by atoms with Crippen molar-refractivity contribution in [1.29, 1.82) is 0 Å². The topological polar surface area (TPSA) is 54.0 Å². The SMILES string of the molecule is O=C(Nc1ncc(C2CCNCC2)s1)C1(c2cccc(F)c2)CC1. The predicted octanol–water partition coefficient (Wildman–Crippen LogP) is 3.42. The van der Waals surface area contributed by atoms with Crippen molar-refractivity contribution in [1.82, 2.24) is 10.3 Å². The van der Waals surface area contributed by atoms with Gasteiger partial charge in [-0.2, -0.15) is 0 Å². The highest BCUT2D eigenvalue weighted by Crippen LogP contribution is 2.49. The molecule has 4 rings (SSSR count). The molecule has 1 amide bonds. The van der Waals surface area contributed by atoms with Crippen LogP contribution in [0.3, 0.4) is 0 Å². The van der Waals surface area contributed by atoms with Gasteiger partial charge >= 0.3 is 0 Å². The van der Waals surface area contributed by atoms with Gasteiger partial charge in [-0.25, -0.2) is 9.37 Å². The molecule has 0 atom stereocenters. The molecule has 0 radical (unpaired) electrons. The highest BCUT2D eigenvalue weighted by Gasteiger charge is 2.51. The van der Waals surface area contributed by atoms with E-state index in [9.17, 15) is 9.18 Å². The lowest BCUT2D eigenvalue weighted by Gasteiger charge is -2.20. The zero-order chi connectivity index (χ0) is 16.6. The fourth-order valence-corrected chi connectivity index (χ4v) is 4.39. The van der Waals surface area contributed by atoms with Crippen molar-refractivity contribution < 1.29 is 9.18 Å². The highest BCUT2D eigenvalue weighted by atomic mass is 32.1. The Hall–Kier alpha value is -1.79. The Morgan fingerprint density at radius 3 is 2.83 bits per heavy atom. The number of hydrogen-bond donors (Lipinski definition) is 2. The van der Waals surface area contributed by atoms with Crippen LogP contribution in [0, 0.1) is 5.82 Å². The lowest BCUT2D eigenvalue weighted by molar-refractivity contribution is -0.118. The molecule has 2 aliphatic rings. The average molecular weight is 345 g/mol. The molecule has 1 saturated heterocycles. The summed E-state index contributed by atoms with van der Waals surface area (Å²) in [6.45, 7) is 2.07. The number of rotatable bonds is 4. The molecule has 24 heavy (non-hydrogen) atoms. The van der Waals surface area contributed by atoms with E-state index in [2.05, 4.69) is 15.6 Å². The third-order valence-corrected chi connectivity index (χ3v) is 6.12. The number of piperidine rings is 1. The van der Waals surface area contributed by atoms with Crippen LogP contribution < -0.4 is 10.6 Å². The fraction of sp³-hybridized carbons (Fsp3) is 0.444. The van der Waals surface area contributed by atoms with Gasteiger partial charge in [-0.3, -0.25) is 4.79 Å². The Balaban J connectivity index is 1.47. The van der Waals surface area contributed by atoms with Crippen molar-refractivity contribution >= 4 is 22.4 Å². The number of thiazole rings is 1. The van der Waals surface area contributed by atoms with Crippen LogP contribution in [-0.2, 0) is 10.2 Å². The Bertz CT molecular complexity index is 750. The molecule has 2 aromatic rings. The Labute approximate surface area is 144 Å². The minimum atomic E-state index is -0.581. The molecule has 2 heterocycles. The van der Waals surface area contributed by atoms with Gasteiger partial charge in [0.15, 0.2) is 5.13 Å². The summed E-state index contributed by atoms with van der Waals surface area (Å²) in [5.74, 6) is 0.167. The summed E-state index contributed by atoms with van der Waals surface area (Å²) in [5.41, 5.74) is 0.179. The predicted molar refractivity (Wildman–Crippen MR) is 92.9 cm³/mol. The largest absolute Gasteiger partial charge is 0.317 e. The molecule has 1 saturated carbocycles. The number of benzene rings is 1. The number of hydrogen-bond acceptors (Lipinski definition) is 4. The minimum Gasteiger partial charge on any atom is -0.317 e. The zero-order valence-corrected chi connectivity index (χ0v) is 14.2. The van der Waals surface area contributed by atoms with Gasteiger partial charge in [-0.15, -0.1) is 11.3 Å². The first kappa shape index (κ1) is 15.7. The molecule has 126 valence electrons. The molecule has 0 unspecified atom stereocenters. The van der Waals surface area contributed by atoms with Crippen molar-refractivity contribution in [2.75, 3.05) is 18.4 Å². The van der Waals surface area contributed by atoms with Crippen LogP contribution in [0.1, 0.15) is 42.0 Å². The Morgan fingerprint density at radius 2 is 2.12 bits per heavy atom. The van der Waals surface area contributed by atoms with Crippen LogP contribution in [0.25, 0.3) is 0 Å². The van der Waals surface area contributed by atoms with Crippen molar-refractivity contribution in [3.8, 4) is 0 Å². The van der Waals surface area contributed by atoms with Gasteiger partial charge < -0.3 is 10.6 Å². The van der Waals surface area contributed by atoms with Crippen molar-refractivity contribution in [3.05, 3.63) is 46.7 Å². The van der Waals surface area contributed by atoms with E-state index in [4.69, 9.17) is 0 Å². The van der Waals surface area contributed by atoms with E-state index in [-0.39, 0.29) is 11.7 Å². The van der Waals surface area contributed by atoms with Crippen LogP contribution >= 0.6 is 11.3 Å². The summed E-state index contributed by atoms with van der Waals surface area (Å²) < 4.78 is 13.5. The standard InChI is InChI=1S/C18H20FN3OS/c19-14-3-1-2-13(10-14)18(6-7-18)16(23)22-17-21-11-15(24-17)12-4-8-20-9-5-12/h1-3,10-12,20H,4-9H2,(H,21,22,23). The van der Waals surface area contributed by atoms with Gasteiger partial charge in [0.2, 0.25) is 5.91 Å². The molecular weight excluding hydrogens is 325 g/mol. The molecule has 0 bridgehead atoms. The minimum absolute atomic E-state index is 0.0701. The van der Waals surface area contributed by atoms with Crippen LogP contribution in [0.15, 0.2) is 30.5 Å². The molecule has 1 aromatic heterocycles. The molecule has 1 aliphatic carbocycles. The van der Waals surface area contributed by atoms with E-state index in [1.807, 2.05) is 12.3 Å². The zero-order valence-electron chi connectivity index (χ0n) is 13.3. The number of carbonyl (C=O) groups excluding carboxylic acids is 1. The molecule has 2 N–H and O–H groups in total. The molecular formula is C18H20FN3OS. The summed E-state index contributed by atoms with van der Waals surface area (Å²) in [5, 5.41) is 6.96. The number of anilines is 1. The normalized spacial score (nSPS) is 19.9. The van der Waals surface area contributed by atoms with Gasteiger partial charge in [0.05, 0.1) is 5.41 Å². The van der Waals surface area contributed by atoms with E-state index in [0.29, 0.717) is 11.0 Å². The Kier molecular flexibility index (Phi) is 4.10. The molecule has 1 aliphatic heterocycles. The van der Waals surface area contributed by atoms with E-state index in [1.54, 1.807) is 17.4 Å². The summed E-state index contributed by atoms with van der Waals surface area (Å²) >= 11 is 1.57. The van der Waals surface area contributed by atoms with E-state index in [0.717, 1.165) is 44.3 Å². The van der Waals surface area contributed by atoms with Crippen LogP contribution in [0.2, 0.25) is 0 Å². The number of nitrogens with zero attached hydrogens (tertiary/aromatic N) is 1. The summed E-state index contributed by atoms with van der Waals surface area (Å²) in [7, 11) is 0. The van der Waals surface area contributed by atoms with Crippen LogP contribution in [0.4, 0.5) is 9.52 Å². The first-order chi connectivity index (χ1) is 11.7. The molecule has 4 nitrogen and oxygen atoms in total. The number of halogens is 1. The fourth-order valence-electron chi connectivity index (χ4n) is 3.41. The third-order valence-electron chi connectivity index (χ3n) is 5.05. The van der Waals surface area contributed by atoms with Crippen molar-refractivity contribution in [3.63, 3.8) is 0 Å². The maximum absolute atomic E-state index is 13.5. The molecule has 0 spiro atoms. The van der Waals surface area contributed by atoms with Crippen LogP contribution in [-0.4, -0.2) is 24.0 Å². The molecule has 1 aromatic carbocycles. The number of aromatic nitrogens is 1. The maximum atomic E-state index is 13.5. The maximum Gasteiger partial charge on any atom is 0.236 e. The second-order valence-electron chi connectivity index (χ2n) is 6.64. The van der Waals surface area contributed by atoms with Gasteiger partial charge in [0.25, 0.3) is 0 Å². The summed E-state index contributed by atoms with van der Waals surface area (Å²) in [6, 6.07) is 6.37. The first-order valence-corrected chi connectivity index (χ1v) is 9.23. The molecule has 2 fully saturated rings. The first-order valence-electron chi connectivity index (χ1n) is 8.41. The van der Waals surface area contributed by atoms with Crippen molar-refractivity contribution in [2.45, 2.75) is 37.0 Å². The van der Waals surface area contributed by atoms with E-state index >= 15 is 0 Å². The number of nitrogens with one attached hydrogen (secondary N) is 2. The molecule has 6 heteroatoms. The van der Waals surface area contributed by atoms with Gasteiger partial charge in [0.1, 0.15) is 5.82 Å². The van der Waals surface area contributed by atoms with Gasteiger partial charge in [-0.05, 0) is 62.4 Å². The smallest absolute Gasteiger partial charge is 0.236 e. The lowest BCUT2D eigenvalue weighted by Crippen LogP contribution is -2.27. The van der Waals surface area contributed by atoms with Gasteiger partial charge in [0, 0.05) is 11.1 Å². The number of amides is 1. The monoisotopic (exact) mass is 345 g/mol. The second kappa shape index (κ2) is 6.26. The number of carbonyl (C=O) groups is 1. The highest BCUT2D eigenvalue weighted by molar-refractivity contribution is 7.15. The summed E-state index contributed by atoms with van der Waals surface area (Å²) in [4.78, 5) is 18.3. The average Bonchev–Trinajstić information content (AvgIpc) is 3.30. The van der Waals surface area contributed by atoms with E-state index in [1.165, 1.54) is 17.0 Å². The van der Waals surface area contributed by atoms with Crippen LogP contribution in [0.5, 0.6) is 0 Å².